The lowest BCUT2D eigenvalue weighted by Crippen LogP contribution is -2.50. The summed E-state index contributed by atoms with van der Waals surface area (Å²) in [7, 11) is -4.36. The summed E-state index contributed by atoms with van der Waals surface area (Å²) in [4.78, 5) is 11.2. The minimum absolute atomic E-state index is 0.244. The van der Waals surface area contributed by atoms with Gasteiger partial charge in [-0.15, -0.1) is 6.58 Å². The van der Waals surface area contributed by atoms with Crippen molar-refractivity contribution in [3.63, 3.8) is 0 Å². The molecule has 0 aromatic carbocycles. The first kappa shape index (κ1) is 20.4. The zero-order chi connectivity index (χ0) is 17.6. The van der Waals surface area contributed by atoms with E-state index < -0.39 is 35.4 Å². The van der Waals surface area contributed by atoms with Gasteiger partial charge in [0.15, 0.2) is 8.32 Å². The summed E-state index contributed by atoms with van der Waals surface area (Å²) >= 11 is 0. The molecule has 1 amide bonds. The molecule has 0 aromatic rings. The molecule has 1 N–H and O–H groups in total. The van der Waals surface area contributed by atoms with Gasteiger partial charge in [-0.1, -0.05) is 12.1 Å². The number of hydrogen-bond acceptors (Lipinski definition) is 3. The van der Waals surface area contributed by atoms with E-state index in [9.17, 15) is 18.0 Å². The Hall–Kier alpha value is -0.646. The van der Waals surface area contributed by atoms with Crippen molar-refractivity contribution in [2.24, 2.45) is 0 Å². The smallest absolute Gasteiger partial charge is 0.397 e. The number of nitrogens with one attached hydrogen (secondary N) is 1. The van der Waals surface area contributed by atoms with Gasteiger partial charge < -0.3 is 13.9 Å². The SMILES string of the molecule is C=C[Si]1(C)OCCCC[Si](C)(CCCNC(=O)CC(F)(F)F)O1. The lowest BCUT2D eigenvalue weighted by atomic mass is 10.4. The predicted octanol–water partition coefficient (Wildman–Crippen LogP) is 3.64. The molecule has 2 unspecified atom stereocenters. The highest BCUT2D eigenvalue weighted by atomic mass is 28.4. The number of carbonyl (C=O) groups is 1. The van der Waals surface area contributed by atoms with Gasteiger partial charge in [-0.25, -0.2) is 0 Å². The van der Waals surface area contributed by atoms with Crippen molar-refractivity contribution in [3.8, 4) is 0 Å². The number of halogens is 3. The quantitative estimate of drug-likeness (QED) is 0.574. The molecule has 0 aromatic heterocycles. The Kier molecular flexibility index (Phi) is 7.50. The third kappa shape index (κ3) is 8.14. The Morgan fingerprint density at radius 2 is 2.04 bits per heavy atom. The van der Waals surface area contributed by atoms with Crippen LogP contribution in [0.15, 0.2) is 12.3 Å². The second-order valence-electron chi connectivity index (χ2n) is 6.32. The van der Waals surface area contributed by atoms with Gasteiger partial charge in [-0.2, -0.15) is 13.2 Å². The van der Waals surface area contributed by atoms with Crippen molar-refractivity contribution in [1.29, 1.82) is 0 Å². The van der Waals surface area contributed by atoms with E-state index >= 15 is 0 Å². The Labute approximate surface area is 137 Å². The monoisotopic (exact) mass is 369 g/mol. The van der Waals surface area contributed by atoms with Gasteiger partial charge in [0.25, 0.3) is 0 Å². The molecule has 0 radical (unpaired) electrons. The van der Waals surface area contributed by atoms with Crippen LogP contribution in [-0.4, -0.2) is 42.1 Å². The van der Waals surface area contributed by atoms with Crippen molar-refractivity contribution in [3.05, 3.63) is 12.3 Å². The van der Waals surface area contributed by atoms with Crippen LogP contribution >= 0.6 is 0 Å². The maximum absolute atomic E-state index is 12.1. The molecule has 4 nitrogen and oxygen atoms in total. The van der Waals surface area contributed by atoms with Crippen molar-refractivity contribution >= 4 is 22.8 Å². The third-order valence-corrected chi connectivity index (χ3v) is 11.8. The molecule has 0 aliphatic carbocycles. The van der Waals surface area contributed by atoms with Gasteiger partial charge in [0.1, 0.15) is 6.42 Å². The maximum Gasteiger partial charge on any atom is 0.397 e. The summed E-state index contributed by atoms with van der Waals surface area (Å²) in [6.45, 7) is 8.86. The summed E-state index contributed by atoms with van der Waals surface area (Å²) in [5.41, 5.74) is 1.79. The molecule has 0 bridgehead atoms. The molecular formula is C14H26F3NO3Si2. The first-order valence-electron chi connectivity index (χ1n) is 7.89. The minimum atomic E-state index is -4.46. The third-order valence-electron chi connectivity index (χ3n) is 3.87. The van der Waals surface area contributed by atoms with E-state index in [1.807, 2.05) is 6.55 Å². The summed E-state index contributed by atoms with van der Waals surface area (Å²) < 4.78 is 48.4. The Morgan fingerprint density at radius 3 is 2.65 bits per heavy atom. The van der Waals surface area contributed by atoms with Crippen LogP contribution < -0.4 is 5.32 Å². The molecule has 0 spiro atoms. The van der Waals surface area contributed by atoms with Gasteiger partial charge >= 0.3 is 14.7 Å². The minimum Gasteiger partial charge on any atom is -0.433 e. The van der Waals surface area contributed by atoms with Crippen molar-refractivity contribution in [1.82, 2.24) is 5.32 Å². The van der Waals surface area contributed by atoms with E-state index in [2.05, 4.69) is 18.4 Å². The molecule has 1 aliphatic heterocycles. The summed E-state index contributed by atoms with van der Waals surface area (Å²) in [6, 6.07) is 1.79. The van der Waals surface area contributed by atoms with E-state index in [1.165, 1.54) is 0 Å². The highest BCUT2D eigenvalue weighted by molar-refractivity contribution is 6.85. The van der Waals surface area contributed by atoms with Crippen molar-refractivity contribution < 1.29 is 26.5 Å². The molecule has 1 aliphatic rings. The van der Waals surface area contributed by atoms with Gasteiger partial charge in [-0.05, 0) is 38.0 Å². The van der Waals surface area contributed by atoms with E-state index in [-0.39, 0.29) is 6.54 Å². The number of hydrogen-bond donors (Lipinski definition) is 1. The molecule has 1 fully saturated rings. The number of carbonyl (C=O) groups excluding carboxylic acids is 1. The van der Waals surface area contributed by atoms with E-state index in [0.717, 1.165) is 24.9 Å². The molecule has 1 heterocycles. The van der Waals surface area contributed by atoms with Gasteiger partial charge in [0.05, 0.1) is 0 Å². The molecule has 0 saturated carbocycles. The molecule has 23 heavy (non-hydrogen) atoms. The van der Waals surface area contributed by atoms with Crippen molar-refractivity contribution in [2.75, 3.05) is 13.2 Å². The average Bonchev–Trinajstić information content (AvgIpc) is 2.39. The van der Waals surface area contributed by atoms with Crippen molar-refractivity contribution in [2.45, 2.75) is 57.0 Å². The fraction of sp³-hybridized carbons (Fsp3) is 0.786. The van der Waals surface area contributed by atoms with Crippen LogP contribution in [0.4, 0.5) is 13.2 Å². The molecule has 1 saturated heterocycles. The van der Waals surface area contributed by atoms with Crippen LogP contribution in [0.5, 0.6) is 0 Å². The number of alkyl halides is 3. The van der Waals surface area contributed by atoms with E-state index in [4.69, 9.17) is 8.54 Å². The van der Waals surface area contributed by atoms with Gasteiger partial charge in [0.2, 0.25) is 5.91 Å². The first-order chi connectivity index (χ1) is 10.6. The summed E-state index contributed by atoms with van der Waals surface area (Å²) in [6.07, 6.45) is -3.24. The Bertz CT molecular complexity index is 423. The fourth-order valence-corrected chi connectivity index (χ4v) is 10.8. The highest BCUT2D eigenvalue weighted by Gasteiger charge is 2.40. The van der Waals surface area contributed by atoms with E-state index in [1.54, 1.807) is 5.70 Å². The second kappa shape index (κ2) is 8.45. The summed E-state index contributed by atoms with van der Waals surface area (Å²) in [5, 5.41) is 2.33. The second-order valence-corrected chi connectivity index (χ2v) is 13.8. The largest absolute Gasteiger partial charge is 0.433 e. The zero-order valence-electron chi connectivity index (χ0n) is 13.8. The number of amides is 1. The topological polar surface area (TPSA) is 47.6 Å². The standard InChI is InChI=1S/C14H26F3NO3Si2/c1-4-23(3)20-9-5-6-10-22(2,21-23)11-7-8-18-13(19)12-14(15,16)17/h4H,1,5-12H2,2-3H3,(H,18,19). The van der Waals surface area contributed by atoms with Crippen LogP contribution in [0, 0.1) is 0 Å². The fourth-order valence-electron chi connectivity index (χ4n) is 2.66. The Balaban J connectivity index is 2.44. The molecule has 1 rings (SSSR count). The summed E-state index contributed by atoms with van der Waals surface area (Å²) in [5.74, 6) is -0.975. The van der Waals surface area contributed by atoms with Gasteiger partial charge in [-0.3, -0.25) is 4.79 Å². The lowest BCUT2D eigenvalue weighted by Gasteiger charge is -2.38. The van der Waals surface area contributed by atoms with Crippen LogP contribution in [0.2, 0.25) is 25.2 Å². The molecule has 2 atom stereocenters. The zero-order valence-corrected chi connectivity index (χ0v) is 15.8. The normalized spacial score (nSPS) is 29.4. The highest BCUT2D eigenvalue weighted by Crippen LogP contribution is 2.29. The molecule has 9 heteroatoms. The molecule has 134 valence electrons. The first-order valence-corrected chi connectivity index (χ1v) is 13.1. The van der Waals surface area contributed by atoms with Crippen LogP contribution in [0.25, 0.3) is 0 Å². The van der Waals surface area contributed by atoms with Crippen LogP contribution in [0.3, 0.4) is 0 Å². The predicted molar refractivity (Wildman–Crippen MR) is 87.6 cm³/mol. The van der Waals surface area contributed by atoms with E-state index in [0.29, 0.717) is 13.0 Å². The van der Waals surface area contributed by atoms with Gasteiger partial charge in [0, 0.05) is 13.2 Å². The maximum atomic E-state index is 12.1. The van der Waals surface area contributed by atoms with Crippen LogP contribution in [0.1, 0.15) is 25.7 Å². The Morgan fingerprint density at radius 1 is 1.35 bits per heavy atom. The molecular weight excluding hydrogens is 343 g/mol. The lowest BCUT2D eigenvalue weighted by molar-refractivity contribution is -0.153. The average molecular weight is 370 g/mol. The van der Waals surface area contributed by atoms with Crippen LogP contribution in [-0.2, 0) is 13.3 Å². The number of rotatable bonds is 6.